The number of hydrogen-bond donors (Lipinski definition) is 1. The second-order valence-electron chi connectivity index (χ2n) is 4.12. The minimum atomic E-state index is -3.68. The second-order valence-corrected chi connectivity index (χ2v) is 5.77. The molecule has 0 aliphatic heterocycles. The smallest absolute Gasteiger partial charge is 0.266 e. The topological polar surface area (TPSA) is 89.8 Å². The molecule has 0 spiro atoms. The summed E-state index contributed by atoms with van der Waals surface area (Å²) < 4.78 is 28.4. The Morgan fingerprint density at radius 2 is 2.05 bits per heavy atom. The lowest BCUT2D eigenvalue weighted by atomic mass is 10.3. The van der Waals surface area contributed by atoms with Crippen molar-refractivity contribution in [2.45, 2.75) is 25.2 Å². The summed E-state index contributed by atoms with van der Waals surface area (Å²) >= 11 is 0. The molecule has 19 heavy (non-hydrogen) atoms. The van der Waals surface area contributed by atoms with Gasteiger partial charge in [-0.3, -0.25) is 14.4 Å². The Morgan fingerprint density at radius 1 is 1.32 bits per heavy atom. The Morgan fingerprint density at radius 3 is 2.63 bits per heavy atom. The van der Waals surface area contributed by atoms with E-state index in [4.69, 9.17) is 0 Å². The molecule has 0 aromatic carbocycles. The van der Waals surface area contributed by atoms with Gasteiger partial charge >= 0.3 is 0 Å². The van der Waals surface area contributed by atoms with Crippen molar-refractivity contribution in [2.24, 2.45) is 7.05 Å². The quantitative estimate of drug-likeness (QED) is 0.898. The van der Waals surface area contributed by atoms with Crippen molar-refractivity contribution < 1.29 is 8.42 Å². The van der Waals surface area contributed by atoms with Crippen LogP contribution in [-0.4, -0.2) is 28.2 Å². The summed E-state index contributed by atoms with van der Waals surface area (Å²) in [5.74, 6) is 0.191. The van der Waals surface area contributed by atoms with Gasteiger partial charge in [0.05, 0.1) is 23.8 Å². The summed E-state index contributed by atoms with van der Waals surface area (Å²) in [7, 11) is -2.00. The largest absolute Gasteiger partial charge is 0.274 e. The zero-order valence-electron chi connectivity index (χ0n) is 11.0. The Bertz CT molecular complexity index is 676. The fraction of sp³-hybridized carbons (Fsp3) is 0.364. The molecule has 2 rings (SSSR count). The minimum absolute atomic E-state index is 0.167. The highest BCUT2D eigenvalue weighted by molar-refractivity contribution is 7.92. The molecule has 0 saturated carbocycles. The van der Waals surface area contributed by atoms with Crippen LogP contribution in [0.2, 0.25) is 0 Å². The van der Waals surface area contributed by atoms with Gasteiger partial charge in [0.25, 0.3) is 10.0 Å². The van der Waals surface area contributed by atoms with E-state index in [-0.39, 0.29) is 10.7 Å². The molecule has 8 heteroatoms. The Balaban J connectivity index is 2.34. The normalized spacial score (nSPS) is 11.5. The van der Waals surface area contributed by atoms with Gasteiger partial charge in [-0.15, -0.1) is 0 Å². The van der Waals surface area contributed by atoms with E-state index in [1.807, 2.05) is 6.92 Å². The van der Waals surface area contributed by atoms with Crippen LogP contribution in [0.5, 0.6) is 0 Å². The number of rotatable bonds is 4. The molecule has 0 aliphatic rings. The lowest BCUT2D eigenvalue weighted by Crippen LogP contribution is -2.15. The van der Waals surface area contributed by atoms with E-state index in [2.05, 4.69) is 19.8 Å². The maximum absolute atomic E-state index is 12.2. The summed E-state index contributed by atoms with van der Waals surface area (Å²) in [6.45, 7) is 3.63. The average Bonchev–Trinajstić information content (AvgIpc) is 2.74. The number of sulfonamides is 1. The molecule has 102 valence electrons. The third kappa shape index (κ3) is 2.90. The van der Waals surface area contributed by atoms with Gasteiger partial charge in [-0.1, -0.05) is 6.92 Å². The highest BCUT2D eigenvalue weighted by Crippen LogP contribution is 2.17. The van der Waals surface area contributed by atoms with Gasteiger partial charge in [0.2, 0.25) is 0 Å². The van der Waals surface area contributed by atoms with Crippen LogP contribution in [0.1, 0.15) is 18.3 Å². The fourth-order valence-corrected chi connectivity index (χ4v) is 2.90. The first-order chi connectivity index (χ1) is 8.92. The molecule has 2 aromatic heterocycles. The molecule has 0 radical (unpaired) electrons. The van der Waals surface area contributed by atoms with Crippen molar-refractivity contribution in [1.29, 1.82) is 0 Å². The first kappa shape index (κ1) is 13.5. The summed E-state index contributed by atoms with van der Waals surface area (Å²) in [5, 5.41) is 4.11. The van der Waals surface area contributed by atoms with Gasteiger partial charge in [-0.2, -0.15) is 5.10 Å². The first-order valence-corrected chi connectivity index (χ1v) is 7.24. The maximum atomic E-state index is 12.2. The van der Waals surface area contributed by atoms with Crippen molar-refractivity contribution in [1.82, 2.24) is 19.7 Å². The lowest BCUT2D eigenvalue weighted by molar-refractivity contribution is 0.600. The van der Waals surface area contributed by atoms with Crippen LogP contribution >= 0.6 is 0 Å². The maximum Gasteiger partial charge on any atom is 0.266 e. The number of nitrogens with one attached hydrogen (secondary N) is 1. The minimum Gasteiger partial charge on any atom is -0.274 e. The van der Waals surface area contributed by atoms with Gasteiger partial charge in [0, 0.05) is 13.2 Å². The van der Waals surface area contributed by atoms with E-state index in [1.165, 1.54) is 23.3 Å². The fourth-order valence-electron chi connectivity index (χ4n) is 1.62. The van der Waals surface area contributed by atoms with Gasteiger partial charge in [0.15, 0.2) is 5.82 Å². The highest BCUT2D eigenvalue weighted by Gasteiger charge is 2.21. The van der Waals surface area contributed by atoms with Crippen LogP contribution < -0.4 is 4.72 Å². The zero-order valence-corrected chi connectivity index (χ0v) is 11.8. The van der Waals surface area contributed by atoms with Crippen molar-refractivity contribution in [2.75, 3.05) is 4.72 Å². The lowest BCUT2D eigenvalue weighted by Gasteiger charge is -2.06. The van der Waals surface area contributed by atoms with Gasteiger partial charge in [-0.05, 0) is 13.3 Å². The third-order valence-electron chi connectivity index (χ3n) is 2.51. The molecule has 0 unspecified atom stereocenters. The summed E-state index contributed by atoms with van der Waals surface area (Å²) in [6.07, 6.45) is 4.90. The van der Waals surface area contributed by atoms with E-state index < -0.39 is 10.0 Å². The van der Waals surface area contributed by atoms with Crippen LogP contribution in [0.25, 0.3) is 0 Å². The molecule has 0 fully saturated rings. The van der Waals surface area contributed by atoms with E-state index in [0.717, 1.165) is 5.69 Å². The molecular formula is C11H15N5O2S. The van der Waals surface area contributed by atoms with Gasteiger partial charge in [0.1, 0.15) is 4.90 Å². The van der Waals surface area contributed by atoms with Gasteiger partial charge < -0.3 is 0 Å². The summed E-state index contributed by atoms with van der Waals surface area (Å²) in [5.41, 5.74) is 1.24. The van der Waals surface area contributed by atoms with Gasteiger partial charge in [-0.25, -0.2) is 13.4 Å². The molecule has 7 nitrogen and oxygen atoms in total. The van der Waals surface area contributed by atoms with E-state index in [0.29, 0.717) is 12.1 Å². The zero-order chi connectivity index (χ0) is 14.0. The van der Waals surface area contributed by atoms with Crippen LogP contribution in [-0.2, 0) is 23.5 Å². The number of aryl methyl sites for hydroxylation is 3. The van der Waals surface area contributed by atoms with E-state index in [1.54, 1.807) is 14.0 Å². The molecule has 0 saturated heterocycles. The van der Waals surface area contributed by atoms with E-state index >= 15 is 0 Å². The molecular weight excluding hydrogens is 266 g/mol. The predicted octanol–water partition coefficient (Wildman–Crippen LogP) is 0.882. The number of anilines is 1. The van der Waals surface area contributed by atoms with Crippen LogP contribution in [0.3, 0.4) is 0 Å². The number of hydrogen-bond acceptors (Lipinski definition) is 5. The Hall–Kier alpha value is -1.96. The summed E-state index contributed by atoms with van der Waals surface area (Å²) in [6, 6.07) is 0. The van der Waals surface area contributed by atoms with Crippen molar-refractivity contribution >= 4 is 15.8 Å². The molecule has 0 amide bonds. The molecule has 0 atom stereocenters. The number of nitrogens with zero attached hydrogens (tertiary/aromatic N) is 4. The SMILES string of the molecule is CCc1nn(C)cc1S(=O)(=O)Nc1cnc(C)cn1. The first-order valence-electron chi connectivity index (χ1n) is 5.76. The molecule has 1 N–H and O–H groups in total. The van der Waals surface area contributed by atoms with Crippen LogP contribution in [0.15, 0.2) is 23.5 Å². The van der Waals surface area contributed by atoms with Crippen molar-refractivity contribution in [3.8, 4) is 0 Å². The van der Waals surface area contributed by atoms with E-state index in [9.17, 15) is 8.42 Å². The Kier molecular flexibility index (Phi) is 3.52. The molecule has 2 heterocycles. The van der Waals surface area contributed by atoms with Crippen molar-refractivity contribution in [3.63, 3.8) is 0 Å². The predicted molar refractivity (Wildman–Crippen MR) is 70.2 cm³/mol. The monoisotopic (exact) mass is 281 g/mol. The third-order valence-corrected chi connectivity index (χ3v) is 3.91. The number of aromatic nitrogens is 4. The van der Waals surface area contributed by atoms with Crippen LogP contribution in [0, 0.1) is 6.92 Å². The van der Waals surface area contributed by atoms with Crippen molar-refractivity contribution in [3.05, 3.63) is 30.0 Å². The molecule has 0 aliphatic carbocycles. The standard InChI is InChI=1S/C11H15N5O2S/c1-4-9-10(7-16(3)14-9)19(17,18)15-11-6-12-8(2)5-13-11/h5-7H,4H2,1-3H3,(H,13,15). The van der Waals surface area contributed by atoms with Crippen LogP contribution in [0.4, 0.5) is 5.82 Å². The highest BCUT2D eigenvalue weighted by atomic mass is 32.2. The average molecular weight is 281 g/mol. The second kappa shape index (κ2) is 4.96. The summed E-state index contributed by atoms with van der Waals surface area (Å²) in [4.78, 5) is 8.13. The molecule has 0 bridgehead atoms. The molecule has 2 aromatic rings. The Labute approximate surface area is 111 Å².